The van der Waals surface area contributed by atoms with Crippen LogP contribution in [0.5, 0.6) is 5.75 Å². The van der Waals surface area contributed by atoms with E-state index < -0.39 is 5.97 Å². The van der Waals surface area contributed by atoms with Crippen LogP contribution in [-0.4, -0.2) is 17.7 Å². The molecule has 0 aromatic heterocycles. The lowest BCUT2D eigenvalue weighted by Crippen LogP contribution is -1.99. The fraction of sp³-hybridized carbons (Fsp3) is 0.235. The number of rotatable bonds is 5. The van der Waals surface area contributed by atoms with E-state index in [4.69, 9.17) is 9.84 Å². The number of aromatic carboxylic acids is 1. The Labute approximate surface area is 118 Å². The van der Waals surface area contributed by atoms with E-state index in [0.717, 1.165) is 28.9 Å². The summed E-state index contributed by atoms with van der Waals surface area (Å²) in [5, 5.41) is 9.16. The largest absolute Gasteiger partial charge is 0.493 e. The number of ether oxygens (including phenoxy) is 1. The number of hydrogen-bond donors (Lipinski definition) is 1. The van der Waals surface area contributed by atoms with Gasteiger partial charge < -0.3 is 9.84 Å². The molecule has 0 spiro atoms. The lowest BCUT2D eigenvalue weighted by Gasteiger charge is -2.12. The first kappa shape index (κ1) is 14.1. The van der Waals surface area contributed by atoms with Crippen molar-refractivity contribution >= 4 is 5.97 Å². The molecule has 0 aliphatic heterocycles. The maximum absolute atomic E-state index is 11.2. The second-order valence-corrected chi connectivity index (χ2v) is 4.74. The molecule has 20 heavy (non-hydrogen) atoms. The van der Waals surface area contributed by atoms with Crippen molar-refractivity contribution in [3.05, 3.63) is 53.6 Å². The Morgan fingerprint density at radius 3 is 2.65 bits per heavy atom. The molecule has 0 atom stereocenters. The molecular weight excluding hydrogens is 252 g/mol. The second kappa shape index (κ2) is 6.24. The normalized spacial score (nSPS) is 10.3. The molecule has 0 bridgehead atoms. The molecule has 3 nitrogen and oxygen atoms in total. The Balaban J connectivity index is 2.48. The van der Waals surface area contributed by atoms with Gasteiger partial charge in [0, 0.05) is 5.56 Å². The molecule has 2 rings (SSSR count). The van der Waals surface area contributed by atoms with Crippen molar-refractivity contribution < 1.29 is 14.6 Å². The number of hydrogen-bond acceptors (Lipinski definition) is 2. The van der Waals surface area contributed by atoms with E-state index in [0.29, 0.717) is 12.2 Å². The van der Waals surface area contributed by atoms with E-state index >= 15 is 0 Å². The average Bonchev–Trinajstić information content (AvgIpc) is 2.44. The van der Waals surface area contributed by atoms with Crippen molar-refractivity contribution in [1.29, 1.82) is 0 Å². The Kier molecular flexibility index (Phi) is 4.41. The third-order valence-corrected chi connectivity index (χ3v) is 2.98. The molecule has 0 unspecified atom stereocenters. The van der Waals surface area contributed by atoms with E-state index in [1.54, 1.807) is 12.1 Å². The monoisotopic (exact) mass is 270 g/mol. The molecule has 0 amide bonds. The number of carboxylic acids is 1. The summed E-state index contributed by atoms with van der Waals surface area (Å²) in [6.07, 6.45) is 0.933. The molecule has 0 radical (unpaired) electrons. The summed E-state index contributed by atoms with van der Waals surface area (Å²) >= 11 is 0. The Morgan fingerprint density at radius 2 is 1.95 bits per heavy atom. The van der Waals surface area contributed by atoms with Crippen LogP contribution < -0.4 is 4.74 Å². The Bertz CT molecular complexity index is 617. The fourth-order valence-electron chi connectivity index (χ4n) is 2.11. The van der Waals surface area contributed by atoms with Gasteiger partial charge >= 0.3 is 5.97 Å². The molecule has 0 fully saturated rings. The summed E-state index contributed by atoms with van der Waals surface area (Å²) in [5.41, 5.74) is 3.01. The molecule has 1 N–H and O–H groups in total. The van der Waals surface area contributed by atoms with Crippen molar-refractivity contribution in [2.75, 3.05) is 6.61 Å². The zero-order chi connectivity index (χ0) is 14.5. The summed E-state index contributed by atoms with van der Waals surface area (Å²) in [5.74, 6) is -0.127. The number of aryl methyl sites for hydroxylation is 1. The molecule has 0 heterocycles. The van der Waals surface area contributed by atoms with Crippen LogP contribution in [0, 0.1) is 6.92 Å². The first-order chi connectivity index (χ1) is 9.61. The average molecular weight is 270 g/mol. The zero-order valence-corrected chi connectivity index (χ0v) is 11.7. The minimum atomic E-state index is -0.915. The predicted molar refractivity (Wildman–Crippen MR) is 79.4 cm³/mol. The SMILES string of the molecule is CCCOc1ccccc1-c1cc(C)cc(C(=O)O)c1. The maximum Gasteiger partial charge on any atom is 0.335 e. The van der Waals surface area contributed by atoms with Gasteiger partial charge in [0.2, 0.25) is 0 Å². The highest BCUT2D eigenvalue weighted by molar-refractivity contribution is 5.90. The molecule has 0 aliphatic rings. The van der Waals surface area contributed by atoms with E-state index in [1.165, 1.54) is 0 Å². The van der Waals surface area contributed by atoms with Gasteiger partial charge in [0.15, 0.2) is 0 Å². The first-order valence-electron chi connectivity index (χ1n) is 6.69. The standard InChI is InChI=1S/C17H18O3/c1-3-8-20-16-7-5-4-6-15(16)13-9-12(2)10-14(11-13)17(18)19/h4-7,9-11H,3,8H2,1-2H3,(H,18,19). The van der Waals surface area contributed by atoms with Crippen LogP contribution in [0.3, 0.4) is 0 Å². The van der Waals surface area contributed by atoms with Gasteiger partial charge in [-0.15, -0.1) is 0 Å². The van der Waals surface area contributed by atoms with Gasteiger partial charge in [0.05, 0.1) is 12.2 Å². The summed E-state index contributed by atoms with van der Waals surface area (Å²) in [6.45, 7) is 4.60. The topological polar surface area (TPSA) is 46.5 Å². The fourth-order valence-corrected chi connectivity index (χ4v) is 2.11. The molecule has 0 aliphatic carbocycles. The van der Waals surface area contributed by atoms with Crippen LogP contribution in [0.25, 0.3) is 11.1 Å². The summed E-state index contributed by atoms with van der Waals surface area (Å²) < 4.78 is 5.73. The van der Waals surface area contributed by atoms with E-state index in [-0.39, 0.29) is 0 Å². The first-order valence-corrected chi connectivity index (χ1v) is 6.69. The van der Waals surface area contributed by atoms with Crippen LogP contribution >= 0.6 is 0 Å². The van der Waals surface area contributed by atoms with Crippen molar-refractivity contribution in [3.63, 3.8) is 0 Å². The van der Waals surface area contributed by atoms with Crippen LogP contribution in [0.4, 0.5) is 0 Å². The maximum atomic E-state index is 11.2. The summed E-state index contributed by atoms with van der Waals surface area (Å²) in [6, 6.07) is 13.0. The van der Waals surface area contributed by atoms with E-state index in [9.17, 15) is 4.79 Å². The highest BCUT2D eigenvalue weighted by atomic mass is 16.5. The van der Waals surface area contributed by atoms with Crippen molar-refractivity contribution in [2.24, 2.45) is 0 Å². The van der Waals surface area contributed by atoms with Crippen LogP contribution in [0.1, 0.15) is 29.3 Å². The lowest BCUT2D eigenvalue weighted by molar-refractivity contribution is 0.0697. The van der Waals surface area contributed by atoms with Crippen LogP contribution in [0.2, 0.25) is 0 Å². The van der Waals surface area contributed by atoms with Gasteiger partial charge in [0.1, 0.15) is 5.75 Å². The Morgan fingerprint density at radius 1 is 1.20 bits per heavy atom. The minimum absolute atomic E-state index is 0.297. The van der Waals surface area contributed by atoms with Gasteiger partial charge in [-0.1, -0.05) is 31.2 Å². The third-order valence-electron chi connectivity index (χ3n) is 2.98. The molecule has 2 aromatic carbocycles. The molecule has 3 heteroatoms. The van der Waals surface area contributed by atoms with Crippen molar-refractivity contribution in [3.8, 4) is 16.9 Å². The second-order valence-electron chi connectivity index (χ2n) is 4.74. The highest BCUT2D eigenvalue weighted by Crippen LogP contribution is 2.31. The smallest absolute Gasteiger partial charge is 0.335 e. The van der Waals surface area contributed by atoms with E-state index in [1.807, 2.05) is 37.3 Å². The lowest BCUT2D eigenvalue weighted by atomic mass is 9.99. The quantitative estimate of drug-likeness (QED) is 0.887. The van der Waals surface area contributed by atoms with Crippen molar-refractivity contribution in [2.45, 2.75) is 20.3 Å². The van der Waals surface area contributed by atoms with Crippen molar-refractivity contribution in [1.82, 2.24) is 0 Å². The van der Waals surface area contributed by atoms with Gasteiger partial charge in [-0.25, -0.2) is 4.79 Å². The van der Waals surface area contributed by atoms with Crippen LogP contribution in [0.15, 0.2) is 42.5 Å². The Hall–Kier alpha value is -2.29. The molecular formula is C17H18O3. The summed E-state index contributed by atoms with van der Waals surface area (Å²) in [4.78, 5) is 11.2. The molecule has 0 saturated carbocycles. The zero-order valence-electron chi connectivity index (χ0n) is 11.7. The predicted octanol–water partition coefficient (Wildman–Crippen LogP) is 4.15. The van der Waals surface area contributed by atoms with Gasteiger partial charge in [-0.3, -0.25) is 0 Å². The molecule has 104 valence electrons. The number of carbonyl (C=O) groups is 1. The highest BCUT2D eigenvalue weighted by Gasteiger charge is 2.10. The number of benzene rings is 2. The van der Waals surface area contributed by atoms with Crippen LogP contribution in [-0.2, 0) is 0 Å². The molecule has 2 aromatic rings. The van der Waals surface area contributed by atoms with E-state index in [2.05, 4.69) is 6.92 Å². The molecule has 0 saturated heterocycles. The van der Waals surface area contributed by atoms with Gasteiger partial charge in [0.25, 0.3) is 0 Å². The number of carboxylic acid groups (broad SMARTS) is 1. The number of para-hydroxylation sites is 1. The summed E-state index contributed by atoms with van der Waals surface area (Å²) in [7, 11) is 0. The third kappa shape index (κ3) is 3.18. The minimum Gasteiger partial charge on any atom is -0.493 e. The van der Waals surface area contributed by atoms with Gasteiger partial charge in [-0.2, -0.15) is 0 Å². The van der Waals surface area contributed by atoms with Gasteiger partial charge in [-0.05, 0) is 42.7 Å².